The van der Waals surface area contributed by atoms with E-state index in [1.165, 1.54) is 18.4 Å². The first-order valence-electron chi connectivity index (χ1n) is 9.01. The molecule has 0 aromatic heterocycles. The Kier molecular flexibility index (Phi) is 5.66. The monoisotopic (exact) mass is 353 g/mol. The lowest BCUT2D eigenvalue weighted by molar-refractivity contribution is 0.408. The van der Waals surface area contributed by atoms with Crippen molar-refractivity contribution in [1.29, 1.82) is 0 Å². The Morgan fingerprint density at radius 1 is 1.08 bits per heavy atom. The number of guanidine groups is 1. The molecule has 3 rings (SSSR count). The van der Waals surface area contributed by atoms with Crippen molar-refractivity contribution < 1.29 is 9.47 Å². The molecule has 0 unspecified atom stereocenters. The van der Waals surface area contributed by atoms with Gasteiger partial charge < -0.3 is 20.5 Å². The Labute approximate surface area is 155 Å². The summed E-state index contributed by atoms with van der Waals surface area (Å²) in [6.45, 7) is 0.661. The van der Waals surface area contributed by atoms with Crippen LogP contribution in [0.5, 0.6) is 11.5 Å². The minimum absolute atomic E-state index is 0.0294. The zero-order chi connectivity index (χ0) is 18.4. The number of para-hydroxylation sites is 2. The van der Waals surface area contributed by atoms with Crippen molar-refractivity contribution in [3.8, 4) is 11.5 Å². The highest BCUT2D eigenvalue weighted by Gasteiger charge is 2.35. The van der Waals surface area contributed by atoms with Gasteiger partial charge in [-0.05, 0) is 42.7 Å². The molecule has 5 nitrogen and oxygen atoms in total. The molecule has 1 aliphatic rings. The SMILES string of the molecule is COc1cccc(C2(CN=C(N)Nc3ccccc3OC)CCCC2)c1. The van der Waals surface area contributed by atoms with Gasteiger partial charge in [0.05, 0.1) is 26.5 Å². The van der Waals surface area contributed by atoms with Gasteiger partial charge in [0.25, 0.3) is 0 Å². The van der Waals surface area contributed by atoms with E-state index in [4.69, 9.17) is 15.2 Å². The van der Waals surface area contributed by atoms with Crippen LogP contribution in [-0.4, -0.2) is 26.7 Å². The molecule has 0 saturated heterocycles. The number of anilines is 1. The van der Waals surface area contributed by atoms with Crippen LogP contribution in [0.15, 0.2) is 53.5 Å². The molecule has 1 fully saturated rings. The van der Waals surface area contributed by atoms with E-state index in [2.05, 4.69) is 22.4 Å². The minimum atomic E-state index is 0.0294. The Balaban J connectivity index is 1.78. The summed E-state index contributed by atoms with van der Waals surface area (Å²) in [6.07, 6.45) is 4.66. The second kappa shape index (κ2) is 8.13. The van der Waals surface area contributed by atoms with Gasteiger partial charge in [-0.15, -0.1) is 0 Å². The van der Waals surface area contributed by atoms with Gasteiger partial charge in [-0.1, -0.05) is 37.1 Å². The third kappa shape index (κ3) is 3.93. The lowest BCUT2D eigenvalue weighted by atomic mass is 9.79. The lowest BCUT2D eigenvalue weighted by Crippen LogP contribution is -2.30. The summed E-state index contributed by atoms with van der Waals surface area (Å²) in [5.74, 6) is 2.04. The molecular weight excluding hydrogens is 326 g/mol. The summed E-state index contributed by atoms with van der Waals surface area (Å²) < 4.78 is 10.8. The minimum Gasteiger partial charge on any atom is -0.497 e. The van der Waals surface area contributed by atoms with Gasteiger partial charge in [-0.3, -0.25) is 4.99 Å². The summed E-state index contributed by atoms with van der Waals surface area (Å²) in [4.78, 5) is 4.67. The molecule has 0 bridgehead atoms. The van der Waals surface area contributed by atoms with Crippen molar-refractivity contribution >= 4 is 11.6 Å². The van der Waals surface area contributed by atoms with Gasteiger partial charge in [0.15, 0.2) is 5.96 Å². The average Bonchev–Trinajstić information content (AvgIpc) is 3.17. The number of hydrogen-bond donors (Lipinski definition) is 2. The molecule has 26 heavy (non-hydrogen) atoms. The fraction of sp³-hybridized carbons (Fsp3) is 0.381. The van der Waals surface area contributed by atoms with E-state index >= 15 is 0 Å². The first-order valence-corrected chi connectivity index (χ1v) is 9.01. The number of ether oxygens (including phenoxy) is 2. The Bertz CT molecular complexity index is 767. The number of methoxy groups -OCH3 is 2. The summed E-state index contributed by atoms with van der Waals surface area (Å²) in [5, 5.41) is 3.15. The van der Waals surface area contributed by atoms with Crippen LogP contribution in [0.1, 0.15) is 31.2 Å². The highest BCUT2D eigenvalue weighted by atomic mass is 16.5. The van der Waals surface area contributed by atoms with E-state index in [0.29, 0.717) is 12.5 Å². The summed E-state index contributed by atoms with van der Waals surface area (Å²) in [6, 6.07) is 16.0. The number of hydrogen-bond acceptors (Lipinski definition) is 3. The number of nitrogens with one attached hydrogen (secondary N) is 1. The van der Waals surface area contributed by atoms with Crippen LogP contribution in [0.4, 0.5) is 5.69 Å². The van der Waals surface area contributed by atoms with Crippen LogP contribution >= 0.6 is 0 Å². The molecule has 1 aliphatic carbocycles. The normalized spacial score (nSPS) is 16.3. The van der Waals surface area contributed by atoms with Crippen LogP contribution in [0.2, 0.25) is 0 Å². The maximum absolute atomic E-state index is 6.16. The van der Waals surface area contributed by atoms with Gasteiger partial charge >= 0.3 is 0 Å². The highest BCUT2D eigenvalue weighted by molar-refractivity contribution is 5.93. The molecule has 3 N–H and O–H groups in total. The number of benzene rings is 2. The van der Waals surface area contributed by atoms with Crippen molar-refractivity contribution in [3.05, 3.63) is 54.1 Å². The van der Waals surface area contributed by atoms with Gasteiger partial charge in [0.1, 0.15) is 11.5 Å². The Hall–Kier alpha value is -2.69. The molecular formula is C21H27N3O2. The number of aliphatic imine (C=N–C) groups is 1. The van der Waals surface area contributed by atoms with Crippen LogP contribution in [0.25, 0.3) is 0 Å². The molecule has 1 saturated carbocycles. The molecule has 0 radical (unpaired) electrons. The van der Waals surface area contributed by atoms with Crippen LogP contribution in [0.3, 0.4) is 0 Å². The van der Waals surface area contributed by atoms with Crippen LogP contribution < -0.4 is 20.5 Å². The molecule has 0 spiro atoms. The predicted molar refractivity (Wildman–Crippen MR) is 106 cm³/mol. The predicted octanol–water partition coefficient (Wildman–Crippen LogP) is 3.94. The second-order valence-corrected chi connectivity index (χ2v) is 6.75. The van der Waals surface area contributed by atoms with Gasteiger partial charge in [-0.2, -0.15) is 0 Å². The number of nitrogens with zero attached hydrogens (tertiary/aromatic N) is 1. The van der Waals surface area contributed by atoms with Crippen molar-refractivity contribution in [2.45, 2.75) is 31.1 Å². The second-order valence-electron chi connectivity index (χ2n) is 6.75. The topological polar surface area (TPSA) is 68.9 Å². The lowest BCUT2D eigenvalue weighted by Gasteiger charge is -2.28. The third-order valence-electron chi connectivity index (χ3n) is 5.16. The van der Waals surface area contributed by atoms with Gasteiger partial charge in [-0.25, -0.2) is 0 Å². The number of nitrogens with two attached hydrogens (primary N) is 1. The van der Waals surface area contributed by atoms with Crippen LogP contribution in [0, 0.1) is 0 Å². The van der Waals surface area contributed by atoms with Crippen LogP contribution in [-0.2, 0) is 5.41 Å². The van der Waals surface area contributed by atoms with Crippen molar-refractivity contribution in [1.82, 2.24) is 0 Å². The average molecular weight is 353 g/mol. The summed E-state index contributed by atoms with van der Waals surface area (Å²) in [5.41, 5.74) is 8.29. The van der Waals surface area contributed by atoms with Crippen molar-refractivity contribution in [2.24, 2.45) is 10.7 Å². The molecule has 138 valence electrons. The highest BCUT2D eigenvalue weighted by Crippen LogP contribution is 2.42. The van der Waals surface area contributed by atoms with E-state index < -0.39 is 0 Å². The molecule has 0 atom stereocenters. The zero-order valence-corrected chi connectivity index (χ0v) is 15.5. The van der Waals surface area contributed by atoms with E-state index in [0.717, 1.165) is 30.0 Å². The molecule has 2 aromatic carbocycles. The van der Waals surface area contributed by atoms with E-state index in [9.17, 15) is 0 Å². The fourth-order valence-electron chi connectivity index (χ4n) is 3.70. The zero-order valence-electron chi connectivity index (χ0n) is 15.5. The molecule has 2 aromatic rings. The van der Waals surface area contributed by atoms with E-state index in [-0.39, 0.29) is 5.41 Å². The molecule has 5 heteroatoms. The van der Waals surface area contributed by atoms with E-state index in [1.807, 2.05) is 36.4 Å². The summed E-state index contributed by atoms with van der Waals surface area (Å²) in [7, 11) is 3.35. The fourth-order valence-corrected chi connectivity index (χ4v) is 3.70. The molecule has 0 heterocycles. The Morgan fingerprint density at radius 2 is 1.85 bits per heavy atom. The smallest absolute Gasteiger partial charge is 0.193 e. The maximum atomic E-state index is 6.16. The Morgan fingerprint density at radius 3 is 2.58 bits per heavy atom. The third-order valence-corrected chi connectivity index (χ3v) is 5.16. The number of rotatable bonds is 6. The molecule has 0 amide bonds. The quantitative estimate of drug-likeness (QED) is 0.610. The standard InChI is InChI=1S/C21H27N3O2/c1-25-17-9-7-8-16(14-17)21(12-5-6-13-21)15-23-20(22)24-18-10-3-4-11-19(18)26-2/h3-4,7-11,14H,5-6,12-13,15H2,1-2H3,(H3,22,23,24). The van der Waals surface area contributed by atoms with Gasteiger partial charge in [0, 0.05) is 5.41 Å². The largest absolute Gasteiger partial charge is 0.497 e. The van der Waals surface area contributed by atoms with Gasteiger partial charge in [0.2, 0.25) is 0 Å². The van der Waals surface area contributed by atoms with Crippen molar-refractivity contribution in [3.63, 3.8) is 0 Å². The summed E-state index contributed by atoms with van der Waals surface area (Å²) >= 11 is 0. The maximum Gasteiger partial charge on any atom is 0.193 e. The van der Waals surface area contributed by atoms with E-state index in [1.54, 1.807) is 14.2 Å². The van der Waals surface area contributed by atoms with Crippen molar-refractivity contribution in [2.75, 3.05) is 26.1 Å². The first-order chi connectivity index (χ1) is 12.7. The molecule has 0 aliphatic heterocycles. The first kappa shape index (κ1) is 18.1.